The Morgan fingerprint density at radius 2 is 1.17 bits per heavy atom. The fraction of sp³-hybridized carbons (Fsp3) is 0.857. The lowest BCUT2D eigenvalue weighted by atomic mass is 10.1. The number of hydrogen-bond acceptors (Lipinski definition) is 2. The van der Waals surface area contributed by atoms with Crippen molar-refractivity contribution in [3.05, 3.63) is 11.8 Å². The van der Waals surface area contributed by atoms with E-state index >= 15 is 0 Å². The van der Waals surface area contributed by atoms with E-state index in [1.54, 1.807) is 0 Å². The van der Waals surface area contributed by atoms with Crippen molar-refractivity contribution in [3.63, 3.8) is 0 Å². The number of allylic oxidation sites excluding steroid dienone is 1. The van der Waals surface area contributed by atoms with Crippen LogP contribution < -0.4 is 0 Å². The van der Waals surface area contributed by atoms with Crippen molar-refractivity contribution in [1.82, 2.24) is 0 Å². The molecule has 0 unspecified atom stereocenters. The Bertz CT molecular complexity index is 279. The van der Waals surface area contributed by atoms with Gasteiger partial charge in [-0.3, -0.25) is 0 Å². The van der Waals surface area contributed by atoms with E-state index < -0.39 is 5.97 Å². The summed E-state index contributed by atoms with van der Waals surface area (Å²) in [6.07, 6.45) is 17.6. The molecule has 0 aromatic heterocycles. The molecule has 3 heteroatoms. The first-order valence-corrected chi connectivity index (χ1v) is 10.2. The lowest BCUT2D eigenvalue weighted by Gasteiger charge is -2.07. The van der Waals surface area contributed by atoms with Crippen LogP contribution in [0.4, 0.5) is 0 Å². The van der Waals surface area contributed by atoms with Crippen LogP contribution >= 0.6 is 0 Å². The van der Waals surface area contributed by atoms with Gasteiger partial charge in [-0.25, -0.2) is 4.79 Å². The average molecular weight is 343 g/mol. The topological polar surface area (TPSA) is 46.5 Å². The second-order valence-corrected chi connectivity index (χ2v) is 6.31. The average Bonchev–Trinajstić information content (AvgIpc) is 2.55. The molecule has 144 valence electrons. The summed E-state index contributed by atoms with van der Waals surface area (Å²) in [6.45, 7) is 9.12. The first kappa shape index (κ1) is 25.3. The lowest BCUT2D eigenvalue weighted by molar-refractivity contribution is -0.131. The number of carboxylic acid groups (broad SMARTS) is 1. The maximum absolute atomic E-state index is 10.5. The van der Waals surface area contributed by atoms with E-state index in [-0.39, 0.29) is 0 Å². The van der Waals surface area contributed by atoms with E-state index in [0.717, 1.165) is 19.3 Å². The van der Waals surface area contributed by atoms with Gasteiger partial charge in [-0.2, -0.15) is 0 Å². The Labute approximate surface area is 150 Å². The van der Waals surface area contributed by atoms with Gasteiger partial charge in [0.15, 0.2) is 0 Å². The second-order valence-electron chi connectivity index (χ2n) is 6.31. The molecule has 0 saturated carbocycles. The number of aliphatic carboxylic acids is 1. The van der Waals surface area contributed by atoms with Crippen molar-refractivity contribution in [2.45, 2.75) is 111 Å². The van der Waals surface area contributed by atoms with E-state index in [2.05, 4.69) is 20.8 Å². The zero-order valence-electron chi connectivity index (χ0n) is 16.7. The maximum Gasteiger partial charge on any atom is 0.331 e. The zero-order valence-corrected chi connectivity index (χ0v) is 16.7. The van der Waals surface area contributed by atoms with Crippen LogP contribution in [0.1, 0.15) is 111 Å². The van der Waals surface area contributed by atoms with Crippen LogP contribution in [0.25, 0.3) is 0 Å². The minimum Gasteiger partial charge on any atom is -0.498 e. The molecule has 0 radical (unpaired) electrons. The highest BCUT2D eigenvalue weighted by Gasteiger charge is 2.01. The Morgan fingerprint density at radius 3 is 1.54 bits per heavy atom. The highest BCUT2D eigenvalue weighted by Crippen LogP contribution is 2.12. The molecular formula is C21H42O3. The van der Waals surface area contributed by atoms with Crippen molar-refractivity contribution < 1.29 is 14.6 Å². The molecule has 0 amide bonds. The summed E-state index contributed by atoms with van der Waals surface area (Å²) < 4.78 is 5.26. The first-order chi connectivity index (χ1) is 11.6. The van der Waals surface area contributed by atoms with Crippen molar-refractivity contribution in [1.29, 1.82) is 0 Å². The fourth-order valence-corrected chi connectivity index (χ4v) is 2.44. The molecule has 0 heterocycles. The first-order valence-electron chi connectivity index (χ1n) is 10.2. The molecule has 3 nitrogen and oxygen atoms in total. The Balaban J connectivity index is 0. The third-order valence-electron chi connectivity index (χ3n) is 3.85. The summed E-state index contributed by atoms with van der Waals surface area (Å²) in [5, 5.41) is 8.63. The summed E-state index contributed by atoms with van der Waals surface area (Å²) >= 11 is 0. The molecule has 1 N–H and O–H groups in total. The van der Waals surface area contributed by atoms with E-state index in [9.17, 15) is 4.79 Å². The van der Waals surface area contributed by atoms with Gasteiger partial charge < -0.3 is 9.84 Å². The predicted octanol–water partition coefficient (Wildman–Crippen LogP) is 7.11. The van der Waals surface area contributed by atoms with E-state index in [1.807, 2.05) is 6.92 Å². The number of ether oxygens (including phenoxy) is 1. The van der Waals surface area contributed by atoms with Gasteiger partial charge in [-0.15, -0.1) is 0 Å². The monoisotopic (exact) mass is 342 g/mol. The van der Waals surface area contributed by atoms with Gasteiger partial charge in [0.05, 0.1) is 12.7 Å². The molecule has 0 bridgehead atoms. The highest BCUT2D eigenvalue weighted by atomic mass is 16.5. The zero-order chi connectivity index (χ0) is 18.5. The van der Waals surface area contributed by atoms with Gasteiger partial charge >= 0.3 is 5.97 Å². The minimum absolute atomic E-state index is 0.537. The van der Waals surface area contributed by atoms with E-state index in [4.69, 9.17) is 9.84 Å². The molecule has 24 heavy (non-hydrogen) atoms. The molecule has 0 aliphatic heterocycles. The normalized spacial score (nSPS) is 10.9. The van der Waals surface area contributed by atoms with Crippen molar-refractivity contribution in [3.8, 4) is 0 Å². The SMILES string of the molecule is CCCCCCCC.CCCCCCCCC(=CC(=O)O)OCC. The molecule has 0 aliphatic carbocycles. The molecule has 0 aliphatic rings. The summed E-state index contributed by atoms with van der Waals surface area (Å²) in [6, 6.07) is 0. The Hall–Kier alpha value is -0.990. The van der Waals surface area contributed by atoms with Crippen LogP contribution in [0.2, 0.25) is 0 Å². The summed E-state index contributed by atoms with van der Waals surface area (Å²) in [5.41, 5.74) is 0. The lowest BCUT2D eigenvalue weighted by Crippen LogP contribution is -1.97. The van der Waals surface area contributed by atoms with Crippen molar-refractivity contribution in [2.24, 2.45) is 0 Å². The molecule has 0 atom stereocenters. The van der Waals surface area contributed by atoms with Crippen LogP contribution in [0.3, 0.4) is 0 Å². The largest absolute Gasteiger partial charge is 0.498 e. The highest BCUT2D eigenvalue weighted by molar-refractivity contribution is 5.80. The van der Waals surface area contributed by atoms with Crippen molar-refractivity contribution >= 4 is 5.97 Å². The number of hydrogen-bond donors (Lipinski definition) is 1. The molecule has 0 aromatic rings. The smallest absolute Gasteiger partial charge is 0.331 e. The quantitative estimate of drug-likeness (QED) is 0.196. The van der Waals surface area contributed by atoms with Crippen LogP contribution in [-0.2, 0) is 9.53 Å². The second kappa shape index (κ2) is 22.0. The maximum atomic E-state index is 10.5. The summed E-state index contributed by atoms with van der Waals surface area (Å²) in [7, 11) is 0. The minimum atomic E-state index is -0.922. The van der Waals surface area contributed by atoms with Crippen LogP contribution in [0.15, 0.2) is 11.8 Å². The van der Waals surface area contributed by atoms with E-state index in [0.29, 0.717) is 12.4 Å². The molecular weight excluding hydrogens is 300 g/mol. The van der Waals surface area contributed by atoms with Crippen LogP contribution in [0.5, 0.6) is 0 Å². The van der Waals surface area contributed by atoms with Gasteiger partial charge in [0.25, 0.3) is 0 Å². The van der Waals surface area contributed by atoms with Gasteiger partial charge in [0.2, 0.25) is 0 Å². The van der Waals surface area contributed by atoms with Gasteiger partial charge in [0, 0.05) is 6.42 Å². The standard InChI is InChI=1S/C13H24O3.C8H18/c1-3-5-6-7-8-9-10-12(16-4-2)11-13(14)15;1-3-5-7-8-6-4-2/h11H,3-10H2,1-2H3,(H,14,15);3-8H2,1-2H3. The summed E-state index contributed by atoms with van der Waals surface area (Å²) in [4.78, 5) is 10.5. The fourth-order valence-electron chi connectivity index (χ4n) is 2.44. The molecule has 0 aromatic carbocycles. The van der Waals surface area contributed by atoms with Crippen LogP contribution in [-0.4, -0.2) is 17.7 Å². The number of rotatable bonds is 15. The molecule has 0 rings (SSSR count). The van der Waals surface area contributed by atoms with Gasteiger partial charge in [-0.1, -0.05) is 91.4 Å². The molecule has 0 saturated heterocycles. The number of carbonyl (C=O) groups is 1. The summed E-state index contributed by atoms with van der Waals surface area (Å²) in [5.74, 6) is -0.320. The predicted molar refractivity (Wildman–Crippen MR) is 104 cm³/mol. The molecule has 0 fully saturated rings. The number of carboxylic acids is 1. The number of unbranched alkanes of at least 4 members (excludes halogenated alkanes) is 10. The van der Waals surface area contributed by atoms with E-state index in [1.165, 1.54) is 70.3 Å². The molecule has 0 spiro atoms. The van der Waals surface area contributed by atoms with Gasteiger partial charge in [-0.05, 0) is 13.3 Å². The third kappa shape index (κ3) is 23.3. The third-order valence-corrected chi connectivity index (χ3v) is 3.85. The van der Waals surface area contributed by atoms with Crippen LogP contribution in [0, 0.1) is 0 Å². The Kier molecular flexibility index (Phi) is 23.2. The van der Waals surface area contributed by atoms with Crippen molar-refractivity contribution in [2.75, 3.05) is 6.61 Å². The van der Waals surface area contributed by atoms with Gasteiger partial charge in [0.1, 0.15) is 5.76 Å². The Morgan fingerprint density at radius 1 is 0.750 bits per heavy atom.